The molecule has 1 aliphatic rings. The smallest absolute Gasteiger partial charge is 0.129 e. The fourth-order valence-corrected chi connectivity index (χ4v) is 4.15. The van der Waals surface area contributed by atoms with Crippen LogP contribution in [-0.4, -0.2) is 28.6 Å². The van der Waals surface area contributed by atoms with Gasteiger partial charge >= 0.3 is 0 Å². The summed E-state index contributed by atoms with van der Waals surface area (Å²) in [5, 5.41) is 11.8. The quantitative estimate of drug-likeness (QED) is 0.640. The first-order chi connectivity index (χ1) is 14.0. The average molecular weight is 413 g/mol. The first-order valence-electron chi connectivity index (χ1n) is 9.19. The molecule has 3 nitrogen and oxygen atoms in total. The lowest BCUT2D eigenvalue weighted by atomic mass is 9.85. The number of pyridine rings is 1. The number of rotatable bonds is 4. The fraction of sp³-hybridized carbons (Fsp3) is 0.174. The summed E-state index contributed by atoms with van der Waals surface area (Å²) in [6, 6.07) is 14.4. The molecule has 1 aromatic heterocycles. The molecular formula is C23H19ClF2N2O. The predicted molar refractivity (Wildman–Crippen MR) is 109 cm³/mol. The van der Waals surface area contributed by atoms with E-state index in [0.717, 1.165) is 17.3 Å². The van der Waals surface area contributed by atoms with Crippen molar-refractivity contribution < 1.29 is 13.9 Å². The molecule has 0 spiro atoms. The van der Waals surface area contributed by atoms with Gasteiger partial charge in [0.2, 0.25) is 0 Å². The topological polar surface area (TPSA) is 36.4 Å². The van der Waals surface area contributed by atoms with Gasteiger partial charge in [0.1, 0.15) is 17.7 Å². The van der Waals surface area contributed by atoms with Gasteiger partial charge in [-0.05, 0) is 41.0 Å². The van der Waals surface area contributed by atoms with Gasteiger partial charge in [-0.2, -0.15) is 0 Å². The van der Waals surface area contributed by atoms with Crippen molar-refractivity contribution in [2.24, 2.45) is 0 Å². The van der Waals surface area contributed by atoms with Gasteiger partial charge in [-0.1, -0.05) is 35.9 Å². The van der Waals surface area contributed by atoms with Crippen LogP contribution in [0.1, 0.15) is 28.7 Å². The molecular weight excluding hydrogens is 394 g/mol. The number of aliphatic hydroxyl groups is 1. The molecule has 6 heteroatoms. The minimum absolute atomic E-state index is 0.341. The maximum absolute atomic E-state index is 14.7. The van der Waals surface area contributed by atoms with E-state index >= 15 is 0 Å². The molecule has 1 aliphatic heterocycles. The van der Waals surface area contributed by atoms with E-state index in [9.17, 15) is 13.9 Å². The maximum atomic E-state index is 14.7. The van der Waals surface area contributed by atoms with Gasteiger partial charge < -0.3 is 10.0 Å². The van der Waals surface area contributed by atoms with Crippen LogP contribution in [0.5, 0.6) is 0 Å². The standard InChI is InChI=1S/C23H19ClF2N2O/c1-28-13-19(18-8-7-17(25)11-20(18)26)21(23(29)15-5-3-9-27-12-15)22(28)14-4-2-6-16(24)10-14/h2-12,19,23,29H,13H2,1H3. The third-order valence-corrected chi connectivity index (χ3v) is 5.45. The van der Waals surface area contributed by atoms with E-state index in [1.807, 2.05) is 30.1 Å². The molecule has 2 heterocycles. The third-order valence-electron chi connectivity index (χ3n) is 5.22. The van der Waals surface area contributed by atoms with Crippen molar-refractivity contribution in [3.63, 3.8) is 0 Å². The average Bonchev–Trinajstić information content (AvgIpc) is 3.05. The van der Waals surface area contributed by atoms with Crippen molar-refractivity contribution in [2.75, 3.05) is 13.6 Å². The van der Waals surface area contributed by atoms with Gasteiger partial charge in [-0.3, -0.25) is 4.98 Å². The number of aromatic nitrogens is 1. The molecule has 4 rings (SSSR count). The lowest BCUT2D eigenvalue weighted by Gasteiger charge is -2.21. The van der Waals surface area contributed by atoms with Gasteiger partial charge in [0.25, 0.3) is 0 Å². The third kappa shape index (κ3) is 3.76. The highest BCUT2D eigenvalue weighted by Crippen LogP contribution is 2.46. The molecule has 1 N–H and O–H groups in total. The lowest BCUT2D eigenvalue weighted by molar-refractivity contribution is 0.209. The number of aliphatic hydroxyl groups excluding tert-OH is 1. The first-order valence-corrected chi connectivity index (χ1v) is 9.57. The van der Waals surface area contributed by atoms with E-state index in [1.54, 1.807) is 30.6 Å². The minimum atomic E-state index is -1.00. The molecule has 0 fully saturated rings. The van der Waals surface area contributed by atoms with Crippen molar-refractivity contribution in [3.05, 3.63) is 106 Å². The number of benzene rings is 2. The zero-order chi connectivity index (χ0) is 20.5. The van der Waals surface area contributed by atoms with E-state index in [4.69, 9.17) is 11.6 Å². The predicted octanol–water partition coefficient (Wildman–Crippen LogP) is 5.19. The highest BCUT2D eigenvalue weighted by Gasteiger charge is 2.37. The number of nitrogens with zero attached hydrogens (tertiary/aromatic N) is 2. The number of halogens is 3. The molecule has 0 saturated carbocycles. The number of hydrogen-bond donors (Lipinski definition) is 1. The van der Waals surface area contributed by atoms with Crippen molar-refractivity contribution in [1.29, 1.82) is 0 Å². The normalized spacial score (nSPS) is 17.7. The molecule has 2 atom stereocenters. The summed E-state index contributed by atoms with van der Waals surface area (Å²) in [4.78, 5) is 6.06. The number of hydrogen-bond acceptors (Lipinski definition) is 3. The van der Waals surface area contributed by atoms with Crippen LogP contribution in [-0.2, 0) is 0 Å². The lowest BCUT2D eigenvalue weighted by Crippen LogP contribution is -2.16. The van der Waals surface area contributed by atoms with E-state index in [2.05, 4.69) is 4.98 Å². The van der Waals surface area contributed by atoms with Crippen molar-refractivity contribution in [2.45, 2.75) is 12.0 Å². The van der Waals surface area contributed by atoms with Crippen molar-refractivity contribution >= 4 is 17.3 Å². The Kier molecular flexibility index (Phi) is 5.35. The van der Waals surface area contributed by atoms with E-state index in [0.29, 0.717) is 28.3 Å². The van der Waals surface area contributed by atoms with Gasteiger partial charge in [0.05, 0.1) is 0 Å². The van der Waals surface area contributed by atoms with Crippen LogP contribution in [0.3, 0.4) is 0 Å². The van der Waals surface area contributed by atoms with Crippen LogP contribution < -0.4 is 0 Å². The van der Waals surface area contributed by atoms with Crippen LogP contribution in [0.2, 0.25) is 5.02 Å². The maximum Gasteiger partial charge on any atom is 0.129 e. The second-order valence-electron chi connectivity index (χ2n) is 7.10. The zero-order valence-corrected chi connectivity index (χ0v) is 16.4. The van der Waals surface area contributed by atoms with Crippen LogP contribution >= 0.6 is 11.6 Å². The Balaban J connectivity index is 1.92. The fourth-order valence-electron chi connectivity index (χ4n) is 3.96. The molecule has 29 heavy (non-hydrogen) atoms. The Morgan fingerprint density at radius 1 is 1.14 bits per heavy atom. The summed E-state index contributed by atoms with van der Waals surface area (Å²) in [7, 11) is 1.88. The second-order valence-corrected chi connectivity index (χ2v) is 7.54. The summed E-state index contributed by atoms with van der Waals surface area (Å²) in [6.45, 7) is 0.442. The van der Waals surface area contributed by atoms with Gasteiger partial charge in [0.15, 0.2) is 0 Å². The SMILES string of the molecule is CN1CC(c2ccc(F)cc2F)C(C(O)c2cccnc2)=C1c1cccc(Cl)c1. The molecule has 0 bridgehead atoms. The Hall–Kier alpha value is -2.76. The first kappa shape index (κ1) is 19.6. The summed E-state index contributed by atoms with van der Waals surface area (Å²) in [5.41, 5.74) is 3.17. The summed E-state index contributed by atoms with van der Waals surface area (Å²) in [5.74, 6) is -1.72. The molecule has 3 aromatic rings. The van der Waals surface area contributed by atoms with Gasteiger partial charge in [-0.15, -0.1) is 0 Å². The summed E-state index contributed by atoms with van der Waals surface area (Å²) in [6.07, 6.45) is 2.21. The van der Waals surface area contributed by atoms with Crippen molar-refractivity contribution in [1.82, 2.24) is 9.88 Å². The Labute approximate surface area is 172 Å². The minimum Gasteiger partial charge on any atom is -0.384 e. The molecule has 0 radical (unpaired) electrons. The highest BCUT2D eigenvalue weighted by atomic mass is 35.5. The van der Waals surface area contributed by atoms with Crippen LogP contribution in [0, 0.1) is 11.6 Å². The van der Waals surface area contributed by atoms with Gasteiger partial charge in [0, 0.05) is 54.3 Å². The van der Waals surface area contributed by atoms with Gasteiger partial charge in [-0.25, -0.2) is 8.78 Å². The highest BCUT2D eigenvalue weighted by molar-refractivity contribution is 6.30. The Morgan fingerprint density at radius 2 is 1.97 bits per heavy atom. The molecule has 2 unspecified atom stereocenters. The molecule has 0 saturated heterocycles. The monoisotopic (exact) mass is 412 g/mol. The molecule has 0 amide bonds. The molecule has 148 valence electrons. The Morgan fingerprint density at radius 3 is 2.66 bits per heavy atom. The van der Waals surface area contributed by atoms with E-state index in [1.165, 1.54) is 12.1 Å². The number of likely N-dealkylation sites (N-methyl/N-ethyl adjacent to an activating group) is 1. The zero-order valence-electron chi connectivity index (χ0n) is 15.7. The molecule has 2 aromatic carbocycles. The molecule has 0 aliphatic carbocycles. The van der Waals surface area contributed by atoms with Crippen molar-refractivity contribution in [3.8, 4) is 0 Å². The summed E-state index contributed by atoms with van der Waals surface area (Å²) < 4.78 is 28.1. The van der Waals surface area contributed by atoms with Crippen LogP contribution in [0.15, 0.2) is 72.6 Å². The van der Waals surface area contributed by atoms with Crippen LogP contribution in [0.25, 0.3) is 5.70 Å². The van der Waals surface area contributed by atoms with E-state index in [-0.39, 0.29) is 0 Å². The van der Waals surface area contributed by atoms with Crippen LogP contribution in [0.4, 0.5) is 8.78 Å². The Bertz CT molecular complexity index is 1070. The largest absolute Gasteiger partial charge is 0.384 e. The van der Waals surface area contributed by atoms with E-state index < -0.39 is 23.7 Å². The second kappa shape index (κ2) is 7.93. The summed E-state index contributed by atoms with van der Waals surface area (Å²) >= 11 is 6.20.